The van der Waals surface area contributed by atoms with E-state index in [9.17, 15) is 4.79 Å². The van der Waals surface area contributed by atoms with E-state index >= 15 is 0 Å². The van der Waals surface area contributed by atoms with Crippen LogP contribution in [0.15, 0.2) is 24.3 Å². The highest BCUT2D eigenvalue weighted by Gasteiger charge is 2.17. The van der Waals surface area contributed by atoms with Gasteiger partial charge in [-0.25, -0.2) is 0 Å². The van der Waals surface area contributed by atoms with Gasteiger partial charge in [0.25, 0.3) is 0 Å². The van der Waals surface area contributed by atoms with Gasteiger partial charge in [0.05, 0.1) is 14.2 Å². The summed E-state index contributed by atoms with van der Waals surface area (Å²) in [6.45, 7) is 3.54. The highest BCUT2D eigenvalue weighted by Crippen LogP contribution is 2.27. The first-order valence-electron chi connectivity index (χ1n) is 7.72. The first-order chi connectivity index (χ1) is 11.5. The molecule has 2 rings (SSSR count). The van der Waals surface area contributed by atoms with Crippen molar-refractivity contribution in [3.8, 4) is 11.5 Å². The van der Waals surface area contributed by atoms with Gasteiger partial charge in [-0.2, -0.15) is 0 Å². The van der Waals surface area contributed by atoms with Gasteiger partial charge in [-0.3, -0.25) is 10.1 Å². The molecule has 1 aromatic rings. The van der Waals surface area contributed by atoms with Gasteiger partial charge in [-0.05, 0) is 43.0 Å². The van der Waals surface area contributed by atoms with Gasteiger partial charge in [0.2, 0.25) is 5.91 Å². The Bertz CT molecular complexity index is 626. The van der Waals surface area contributed by atoms with Crippen LogP contribution in [0.3, 0.4) is 0 Å². The number of carbonyl (C=O) groups is 1. The van der Waals surface area contributed by atoms with E-state index in [0.29, 0.717) is 16.6 Å². The Morgan fingerprint density at radius 1 is 1.17 bits per heavy atom. The van der Waals surface area contributed by atoms with Crippen LogP contribution in [0.25, 0.3) is 6.08 Å². The molecular formula is C17H23N3O3S. The molecule has 24 heavy (non-hydrogen) atoms. The Kier molecular flexibility index (Phi) is 6.57. The number of nitrogens with zero attached hydrogens (tertiary/aromatic N) is 2. The summed E-state index contributed by atoms with van der Waals surface area (Å²) in [5, 5.41) is 3.22. The number of amides is 1. The number of piperazine rings is 1. The van der Waals surface area contributed by atoms with Crippen molar-refractivity contribution in [1.82, 2.24) is 15.1 Å². The van der Waals surface area contributed by atoms with Gasteiger partial charge >= 0.3 is 0 Å². The van der Waals surface area contributed by atoms with Crippen molar-refractivity contribution in [2.24, 2.45) is 0 Å². The molecule has 0 bridgehead atoms. The number of benzene rings is 1. The lowest BCUT2D eigenvalue weighted by Gasteiger charge is -2.33. The van der Waals surface area contributed by atoms with Crippen LogP contribution in [-0.2, 0) is 4.79 Å². The lowest BCUT2D eigenvalue weighted by molar-refractivity contribution is -0.115. The Morgan fingerprint density at radius 3 is 2.46 bits per heavy atom. The zero-order valence-electron chi connectivity index (χ0n) is 14.2. The number of ether oxygens (including phenoxy) is 2. The predicted molar refractivity (Wildman–Crippen MR) is 98.4 cm³/mol. The molecule has 1 N–H and O–H groups in total. The van der Waals surface area contributed by atoms with Crippen molar-refractivity contribution >= 4 is 29.3 Å². The predicted octanol–water partition coefficient (Wildman–Crippen LogP) is 1.37. The van der Waals surface area contributed by atoms with Gasteiger partial charge < -0.3 is 19.3 Å². The van der Waals surface area contributed by atoms with Gasteiger partial charge in [0.1, 0.15) is 0 Å². The third kappa shape index (κ3) is 4.94. The number of thiocarbonyl (C=S) groups is 1. The maximum atomic E-state index is 12.0. The third-order valence-electron chi connectivity index (χ3n) is 3.86. The van der Waals surface area contributed by atoms with Crippen molar-refractivity contribution in [2.45, 2.75) is 0 Å². The van der Waals surface area contributed by atoms with E-state index < -0.39 is 0 Å². The van der Waals surface area contributed by atoms with Crippen molar-refractivity contribution in [3.05, 3.63) is 29.8 Å². The molecule has 1 saturated heterocycles. The number of hydrogen-bond donors (Lipinski definition) is 1. The van der Waals surface area contributed by atoms with E-state index in [-0.39, 0.29) is 5.91 Å². The summed E-state index contributed by atoms with van der Waals surface area (Å²) in [4.78, 5) is 16.3. The van der Waals surface area contributed by atoms with Crippen LogP contribution in [0.2, 0.25) is 0 Å². The minimum Gasteiger partial charge on any atom is -0.493 e. The summed E-state index contributed by atoms with van der Waals surface area (Å²) < 4.78 is 10.4. The van der Waals surface area contributed by atoms with E-state index in [2.05, 4.69) is 17.3 Å². The fraction of sp³-hybridized carbons (Fsp3) is 0.412. The summed E-state index contributed by atoms with van der Waals surface area (Å²) in [7, 11) is 5.23. The molecule has 1 aliphatic heterocycles. The van der Waals surface area contributed by atoms with E-state index in [1.807, 2.05) is 11.0 Å². The largest absolute Gasteiger partial charge is 0.493 e. The molecule has 1 amide bonds. The summed E-state index contributed by atoms with van der Waals surface area (Å²) >= 11 is 5.30. The van der Waals surface area contributed by atoms with Crippen LogP contribution in [0.4, 0.5) is 0 Å². The highest BCUT2D eigenvalue weighted by molar-refractivity contribution is 7.80. The second-order valence-electron chi connectivity index (χ2n) is 5.53. The first kappa shape index (κ1) is 18.2. The maximum absolute atomic E-state index is 12.0. The quantitative estimate of drug-likeness (QED) is 0.654. The number of carbonyl (C=O) groups excluding carboxylic acids is 1. The Hall–Kier alpha value is -2.12. The molecule has 0 aliphatic carbocycles. The Labute approximate surface area is 148 Å². The molecule has 0 unspecified atom stereocenters. The summed E-state index contributed by atoms with van der Waals surface area (Å²) in [5.74, 6) is 1.03. The molecule has 0 atom stereocenters. The minimum absolute atomic E-state index is 0.242. The van der Waals surface area contributed by atoms with Crippen molar-refractivity contribution in [3.63, 3.8) is 0 Å². The van der Waals surface area contributed by atoms with Gasteiger partial charge in [0, 0.05) is 32.3 Å². The fourth-order valence-corrected chi connectivity index (χ4v) is 2.65. The lowest BCUT2D eigenvalue weighted by atomic mass is 10.2. The summed E-state index contributed by atoms with van der Waals surface area (Å²) in [6, 6.07) is 5.45. The van der Waals surface area contributed by atoms with Crippen molar-refractivity contribution in [1.29, 1.82) is 0 Å². The molecule has 1 fully saturated rings. The molecule has 0 spiro atoms. The summed E-state index contributed by atoms with van der Waals surface area (Å²) in [6.07, 6.45) is 3.17. The van der Waals surface area contributed by atoms with E-state index in [1.54, 1.807) is 32.4 Å². The van der Waals surface area contributed by atoms with Crippen LogP contribution in [-0.4, -0.2) is 68.3 Å². The average molecular weight is 349 g/mol. The molecular weight excluding hydrogens is 326 g/mol. The Balaban J connectivity index is 1.92. The topological polar surface area (TPSA) is 54.0 Å². The molecule has 0 radical (unpaired) electrons. The average Bonchev–Trinajstić information content (AvgIpc) is 2.60. The number of methoxy groups -OCH3 is 2. The van der Waals surface area contributed by atoms with Crippen LogP contribution < -0.4 is 14.8 Å². The monoisotopic (exact) mass is 349 g/mol. The van der Waals surface area contributed by atoms with Gasteiger partial charge in [-0.1, -0.05) is 6.07 Å². The number of hydrogen-bond acceptors (Lipinski definition) is 5. The van der Waals surface area contributed by atoms with E-state index in [4.69, 9.17) is 21.7 Å². The Morgan fingerprint density at radius 2 is 1.83 bits per heavy atom. The molecule has 1 heterocycles. The van der Waals surface area contributed by atoms with Crippen molar-refractivity contribution < 1.29 is 14.3 Å². The second kappa shape index (κ2) is 8.65. The number of nitrogens with one attached hydrogen (secondary N) is 1. The standard InChI is InChI=1S/C17H23N3O3S/c1-19-8-10-20(11-9-19)17(24)18-16(21)7-5-13-4-6-14(22-2)15(12-13)23-3/h4-7,12H,8-11H2,1-3H3,(H,18,21,24)/b7-5-. The van der Waals surface area contributed by atoms with Crippen LogP contribution in [0.1, 0.15) is 5.56 Å². The third-order valence-corrected chi connectivity index (χ3v) is 4.22. The number of likely N-dealkylation sites (N-methyl/N-ethyl adjacent to an activating group) is 1. The van der Waals surface area contributed by atoms with E-state index in [1.165, 1.54) is 6.08 Å². The fourth-order valence-electron chi connectivity index (χ4n) is 2.36. The SMILES string of the molecule is COc1ccc(/C=C\C(=O)NC(=S)N2CCN(C)CC2)cc1OC. The van der Waals surface area contributed by atoms with Crippen molar-refractivity contribution in [2.75, 3.05) is 47.4 Å². The van der Waals surface area contributed by atoms with E-state index in [0.717, 1.165) is 31.7 Å². The molecule has 0 aromatic heterocycles. The van der Waals surface area contributed by atoms with Crippen LogP contribution in [0, 0.1) is 0 Å². The molecule has 0 saturated carbocycles. The minimum atomic E-state index is -0.242. The lowest BCUT2D eigenvalue weighted by Crippen LogP contribution is -2.51. The molecule has 1 aromatic carbocycles. The molecule has 6 nitrogen and oxygen atoms in total. The summed E-state index contributed by atoms with van der Waals surface area (Å²) in [5.41, 5.74) is 0.841. The maximum Gasteiger partial charge on any atom is 0.250 e. The molecule has 130 valence electrons. The molecule has 1 aliphatic rings. The van der Waals surface area contributed by atoms with Crippen LogP contribution >= 0.6 is 12.2 Å². The smallest absolute Gasteiger partial charge is 0.250 e. The number of rotatable bonds is 4. The normalized spacial score (nSPS) is 15.4. The van der Waals surface area contributed by atoms with Gasteiger partial charge in [0.15, 0.2) is 16.6 Å². The van der Waals surface area contributed by atoms with Gasteiger partial charge in [-0.15, -0.1) is 0 Å². The highest BCUT2D eigenvalue weighted by atomic mass is 32.1. The zero-order valence-corrected chi connectivity index (χ0v) is 15.1. The first-order valence-corrected chi connectivity index (χ1v) is 8.13. The zero-order chi connectivity index (χ0) is 17.5. The van der Waals surface area contributed by atoms with Crippen LogP contribution in [0.5, 0.6) is 11.5 Å². The molecule has 7 heteroatoms. The second-order valence-corrected chi connectivity index (χ2v) is 5.92.